The highest BCUT2D eigenvalue weighted by atomic mass is 16.2. The molecule has 170 valence electrons. The Morgan fingerprint density at radius 3 is 2.81 bits per heavy atom. The van der Waals surface area contributed by atoms with Gasteiger partial charge in [-0.1, -0.05) is 0 Å². The summed E-state index contributed by atoms with van der Waals surface area (Å²) in [5.74, 6) is 1.07. The number of rotatable bonds is 5. The van der Waals surface area contributed by atoms with Crippen LogP contribution >= 0.6 is 0 Å². The molecule has 0 bridgehead atoms. The van der Waals surface area contributed by atoms with Gasteiger partial charge < -0.3 is 15.5 Å². The molecule has 1 atom stereocenters. The molecule has 2 aliphatic heterocycles. The van der Waals surface area contributed by atoms with Gasteiger partial charge in [0.2, 0.25) is 0 Å². The van der Waals surface area contributed by atoms with Gasteiger partial charge in [-0.2, -0.15) is 0 Å². The third-order valence-electron chi connectivity index (χ3n) is 5.98. The molecule has 0 aliphatic carbocycles. The van der Waals surface area contributed by atoms with Gasteiger partial charge in [0.05, 0.1) is 0 Å². The van der Waals surface area contributed by atoms with E-state index in [1.165, 1.54) is 7.05 Å². The first-order chi connectivity index (χ1) is 15.5. The van der Waals surface area contributed by atoms with Crippen LogP contribution in [-0.4, -0.2) is 65.7 Å². The van der Waals surface area contributed by atoms with E-state index in [9.17, 15) is 14.4 Å². The molecular weight excluding hydrogens is 410 g/mol. The topological polar surface area (TPSA) is 112 Å². The maximum absolute atomic E-state index is 12.8. The Bertz CT molecular complexity index is 1070. The molecule has 0 spiro atoms. The van der Waals surface area contributed by atoms with Crippen LogP contribution in [0.25, 0.3) is 0 Å². The first-order valence-electron chi connectivity index (χ1n) is 10.9. The van der Waals surface area contributed by atoms with Crippen LogP contribution in [0.3, 0.4) is 0 Å². The van der Waals surface area contributed by atoms with Crippen LogP contribution in [0.1, 0.15) is 29.3 Å². The number of nitrogens with one attached hydrogen (secondary N) is 3. The average Bonchev–Trinajstić information content (AvgIpc) is 2.79. The zero-order valence-electron chi connectivity index (χ0n) is 18.4. The second-order valence-electron chi connectivity index (χ2n) is 8.05. The summed E-state index contributed by atoms with van der Waals surface area (Å²) in [7, 11) is 1.53. The van der Waals surface area contributed by atoms with Crippen LogP contribution in [-0.2, 0) is 13.1 Å². The van der Waals surface area contributed by atoms with Gasteiger partial charge in [0.25, 0.3) is 11.5 Å². The van der Waals surface area contributed by atoms with Gasteiger partial charge in [-0.3, -0.25) is 24.4 Å². The van der Waals surface area contributed by atoms with Crippen molar-refractivity contribution in [2.75, 3.05) is 43.4 Å². The van der Waals surface area contributed by atoms with E-state index in [2.05, 4.69) is 30.7 Å². The predicted molar refractivity (Wildman–Crippen MR) is 122 cm³/mol. The van der Waals surface area contributed by atoms with Crippen molar-refractivity contribution in [3.05, 3.63) is 51.9 Å². The summed E-state index contributed by atoms with van der Waals surface area (Å²) in [5, 5.41) is 7.98. The first-order valence-corrected chi connectivity index (χ1v) is 10.9. The van der Waals surface area contributed by atoms with Crippen molar-refractivity contribution in [1.29, 1.82) is 0 Å². The van der Waals surface area contributed by atoms with Gasteiger partial charge in [0, 0.05) is 58.6 Å². The number of anilines is 2. The Kier molecular flexibility index (Phi) is 6.40. The van der Waals surface area contributed by atoms with Crippen molar-refractivity contribution < 1.29 is 9.59 Å². The zero-order chi connectivity index (χ0) is 22.7. The molecule has 4 heterocycles. The average molecular weight is 440 g/mol. The smallest absolute Gasteiger partial charge is 0.320 e. The minimum atomic E-state index is -0.351. The van der Waals surface area contributed by atoms with Crippen molar-refractivity contribution in [1.82, 2.24) is 25.1 Å². The first kappa shape index (κ1) is 21.8. The standard InChI is InChI=1S/C22H29N7O3/c1-3-24-22(32)26-18-12-15(6-8-25-18)13-27-10-11-28-16(14-27)7-9-29-19(28)5-4-17(21(29)31)20(30)23-2/h4-6,8,12,16H,3,7,9-11,13-14H2,1-2H3,(H,23,30)(H2,24,25,26,32). The second-order valence-corrected chi connectivity index (χ2v) is 8.05. The fourth-order valence-corrected chi connectivity index (χ4v) is 4.45. The summed E-state index contributed by atoms with van der Waals surface area (Å²) >= 11 is 0. The molecular formula is C22H29N7O3. The lowest BCUT2D eigenvalue weighted by Crippen LogP contribution is -2.56. The number of pyridine rings is 2. The second kappa shape index (κ2) is 9.39. The fraction of sp³-hybridized carbons (Fsp3) is 0.455. The number of hydrogen-bond acceptors (Lipinski definition) is 6. The highest BCUT2D eigenvalue weighted by Gasteiger charge is 2.33. The molecule has 3 N–H and O–H groups in total. The molecule has 1 unspecified atom stereocenters. The van der Waals surface area contributed by atoms with Crippen molar-refractivity contribution >= 4 is 23.6 Å². The van der Waals surface area contributed by atoms with Crippen LogP contribution in [0, 0.1) is 0 Å². The minimum absolute atomic E-state index is 0.183. The molecule has 2 aromatic heterocycles. The number of piperazine rings is 1. The third kappa shape index (κ3) is 4.45. The molecule has 0 aromatic carbocycles. The number of carbonyl (C=O) groups is 2. The van der Waals surface area contributed by atoms with Crippen LogP contribution < -0.4 is 26.4 Å². The molecule has 2 aliphatic rings. The van der Waals surface area contributed by atoms with Gasteiger partial charge >= 0.3 is 6.03 Å². The zero-order valence-corrected chi connectivity index (χ0v) is 18.4. The van der Waals surface area contributed by atoms with Crippen LogP contribution in [0.15, 0.2) is 35.3 Å². The highest BCUT2D eigenvalue weighted by molar-refractivity contribution is 5.93. The van der Waals surface area contributed by atoms with Crippen molar-refractivity contribution in [2.45, 2.75) is 32.5 Å². The van der Waals surface area contributed by atoms with E-state index < -0.39 is 0 Å². The lowest BCUT2D eigenvalue weighted by molar-refractivity contribution is 0.0960. The lowest BCUT2D eigenvalue weighted by Gasteiger charge is -2.46. The summed E-state index contributed by atoms with van der Waals surface area (Å²) < 4.78 is 1.72. The molecule has 10 heteroatoms. The van der Waals surface area contributed by atoms with E-state index in [0.717, 1.165) is 44.0 Å². The number of aromatic nitrogens is 2. The predicted octanol–water partition coefficient (Wildman–Crippen LogP) is 0.839. The minimum Gasteiger partial charge on any atom is -0.355 e. The van der Waals surface area contributed by atoms with E-state index in [4.69, 9.17) is 0 Å². The van der Waals surface area contributed by atoms with Crippen molar-refractivity contribution in [3.63, 3.8) is 0 Å². The van der Waals surface area contributed by atoms with E-state index in [1.807, 2.05) is 25.1 Å². The largest absolute Gasteiger partial charge is 0.355 e. The Morgan fingerprint density at radius 2 is 2.03 bits per heavy atom. The van der Waals surface area contributed by atoms with Crippen LogP contribution in [0.2, 0.25) is 0 Å². The molecule has 10 nitrogen and oxygen atoms in total. The van der Waals surface area contributed by atoms with E-state index in [1.54, 1.807) is 16.8 Å². The maximum atomic E-state index is 12.8. The van der Waals surface area contributed by atoms with E-state index in [-0.39, 0.29) is 23.1 Å². The highest BCUT2D eigenvalue weighted by Crippen LogP contribution is 2.27. The van der Waals surface area contributed by atoms with Gasteiger partial charge in [0.1, 0.15) is 17.2 Å². The number of nitrogens with zero attached hydrogens (tertiary/aromatic N) is 4. The number of carbonyl (C=O) groups excluding carboxylic acids is 2. The molecule has 0 radical (unpaired) electrons. The SMILES string of the molecule is CCNC(=O)Nc1cc(CN2CCN3c4ccc(C(=O)NC)c(=O)n4CCC3C2)ccn1. The maximum Gasteiger partial charge on any atom is 0.320 e. The van der Waals surface area contributed by atoms with E-state index in [0.29, 0.717) is 24.9 Å². The molecule has 1 saturated heterocycles. The number of hydrogen-bond donors (Lipinski definition) is 3. The molecule has 0 saturated carbocycles. The third-order valence-corrected chi connectivity index (χ3v) is 5.98. The van der Waals surface area contributed by atoms with Gasteiger partial charge in [-0.05, 0) is 43.2 Å². The Balaban J connectivity index is 1.43. The number of urea groups is 1. The number of fused-ring (bicyclic) bond motifs is 3. The summed E-state index contributed by atoms with van der Waals surface area (Å²) in [6.07, 6.45) is 2.56. The monoisotopic (exact) mass is 439 g/mol. The van der Waals surface area contributed by atoms with Crippen molar-refractivity contribution in [3.8, 4) is 0 Å². The summed E-state index contributed by atoms with van der Waals surface area (Å²) in [6.45, 7) is 6.32. The molecule has 4 rings (SSSR count). The summed E-state index contributed by atoms with van der Waals surface area (Å²) in [5.41, 5.74) is 1.04. The fourth-order valence-electron chi connectivity index (χ4n) is 4.45. The van der Waals surface area contributed by atoms with Gasteiger partial charge in [0.15, 0.2) is 0 Å². The Hall–Kier alpha value is -3.40. The van der Waals surface area contributed by atoms with Crippen LogP contribution in [0.5, 0.6) is 0 Å². The Labute approximate surface area is 186 Å². The molecule has 2 aromatic rings. The van der Waals surface area contributed by atoms with E-state index >= 15 is 0 Å². The lowest BCUT2D eigenvalue weighted by atomic mass is 10.0. The van der Waals surface area contributed by atoms with Gasteiger partial charge in [-0.15, -0.1) is 0 Å². The summed E-state index contributed by atoms with van der Waals surface area (Å²) in [4.78, 5) is 45.4. The quantitative estimate of drug-likeness (QED) is 0.637. The number of amides is 3. The normalized spacial score (nSPS) is 17.8. The Morgan fingerprint density at radius 1 is 1.19 bits per heavy atom. The molecule has 1 fully saturated rings. The van der Waals surface area contributed by atoms with Crippen molar-refractivity contribution in [2.24, 2.45) is 0 Å². The molecule has 3 amide bonds. The van der Waals surface area contributed by atoms with Crippen LogP contribution in [0.4, 0.5) is 16.4 Å². The molecule has 32 heavy (non-hydrogen) atoms. The van der Waals surface area contributed by atoms with Gasteiger partial charge in [-0.25, -0.2) is 9.78 Å². The summed E-state index contributed by atoms with van der Waals surface area (Å²) in [6, 6.07) is 7.42.